The quantitative estimate of drug-likeness (QED) is 0.180. The molecule has 8 heteroatoms. The first-order valence-electron chi connectivity index (χ1n) is 7.21. The van der Waals surface area contributed by atoms with Crippen molar-refractivity contribution >= 4 is 28.5 Å². The van der Waals surface area contributed by atoms with Crippen LogP contribution in [0.2, 0.25) is 0 Å². The minimum absolute atomic E-state index is 0.214. The number of ether oxygens (including phenoxy) is 2. The van der Waals surface area contributed by atoms with Gasteiger partial charge in [-0.2, -0.15) is 0 Å². The summed E-state index contributed by atoms with van der Waals surface area (Å²) in [7, 11) is 4.25. The van der Waals surface area contributed by atoms with Gasteiger partial charge < -0.3 is 14.3 Å². The molecule has 0 fully saturated rings. The number of nitrogens with one attached hydrogen (secondary N) is 1. The summed E-state index contributed by atoms with van der Waals surface area (Å²) < 4.78 is 9.93. The Bertz CT molecular complexity index is 658. The van der Waals surface area contributed by atoms with Crippen molar-refractivity contribution in [2.45, 2.75) is 6.61 Å². The van der Waals surface area contributed by atoms with E-state index in [0.717, 1.165) is 11.1 Å². The van der Waals surface area contributed by atoms with Crippen molar-refractivity contribution in [3.63, 3.8) is 0 Å². The molecule has 0 aliphatic heterocycles. The van der Waals surface area contributed by atoms with Crippen LogP contribution >= 0.6 is 11.8 Å². The first-order chi connectivity index (χ1) is 12.1. The molecule has 7 nitrogen and oxygen atoms in total. The van der Waals surface area contributed by atoms with Crippen molar-refractivity contribution in [3.05, 3.63) is 53.7 Å². The summed E-state index contributed by atoms with van der Waals surface area (Å²) in [6.07, 6.45) is 3.13. The van der Waals surface area contributed by atoms with Crippen molar-refractivity contribution in [2.24, 2.45) is 5.16 Å². The number of thioether (sulfide) groups is 1. The van der Waals surface area contributed by atoms with Crippen LogP contribution in [0.15, 0.2) is 47.8 Å². The Balaban J connectivity index is 2.84. The molecule has 0 amide bonds. The topological polar surface area (TPSA) is 78.4 Å². The molecule has 0 saturated carbocycles. The van der Waals surface area contributed by atoms with Crippen LogP contribution in [0.25, 0.3) is 5.76 Å². The van der Waals surface area contributed by atoms with Crippen molar-refractivity contribution < 1.29 is 23.9 Å². The van der Waals surface area contributed by atoms with Gasteiger partial charge in [-0.1, -0.05) is 36.0 Å². The van der Waals surface area contributed by atoms with Crippen LogP contribution in [0.1, 0.15) is 11.1 Å². The number of hydrogen-bond acceptors (Lipinski definition) is 8. The van der Waals surface area contributed by atoms with E-state index in [9.17, 15) is 4.79 Å². The normalized spacial score (nSPS) is 11.7. The SMILES string of the molecule is C=C(NOCc1ccccc1C(=CC(=O)OC)OC)C(=NOC)SC. The van der Waals surface area contributed by atoms with Gasteiger partial charge in [-0.25, -0.2) is 4.79 Å². The van der Waals surface area contributed by atoms with Crippen LogP contribution in [0.3, 0.4) is 0 Å². The second-order valence-corrected chi connectivity index (χ2v) is 5.34. The number of carbonyl (C=O) groups excluding carboxylic acids is 1. The van der Waals surface area contributed by atoms with Crippen molar-refractivity contribution in [1.82, 2.24) is 5.48 Å². The molecule has 0 aliphatic carbocycles. The van der Waals surface area contributed by atoms with Gasteiger partial charge in [0.05, 0.1) is 26.0 Å². The third kappa shape index (κ3) is 6.52. The highest BCUT2D eigenvalue weighted by molar-refractivity contribution is 8.13. The van der Waals surface area contributed by atoms with E-state index in [1.165, 1.54) is 39.2 Å². The van der Waals surface area contributed by atoms with Gasteiger partial charge in [0.25, 0.3) is 0 Å². The monoisotopic (exact) mass is 366 g/mol. The molecular formula is C17H22N2O5S. The zero-order chi connectivity index (χ0) is 18.7. The fourth-order valence-corrected chi connectivity index (χ4v) is 2.28. The molecule has 0 unspecified atom stereocenters. The van der Waals surface area contributed by atoms with Crippen LogP contribution in [0.5, 0.6) is 0 Å². The number of esters is 1. The van der Waals surface area contributed by atoms with Gasteiger partial charge in [0, 0.05) is 5.56 Å². The lowest BCUT2D eigenvalue weighted by atomic mass is 10.1. The number of benzene rings is 1. The minimum Gasteiger partial charge on any atom is -0.496 e. The van der Waals surface area contributed by atoms with E-state index in [-0.39, 0.29) is 6.61 Å². The van der Waals surface area contributed by atoms with Gasteiger partial charge in [-0.3, -0.25) is 10.3 Å². The summed E-state index contributed by atoms with van der Waals surface area (Å²) in [6.45, 7) is 4.05. The Kier molecular flexibility index (Phi) is 9.20. The summed E-state index contributed by atoms with van der Waals surface area (Å²) in [5, 5.41) is 4.39. The maximum Gasteiger partial charge on any atom is 0.334 e. The van der Waals surface area contributed by atoms with Gasteiger partial charge in [0.2, 0.25) is 0 Å². The van der Waals surface area contributed by atoms with E-state index in [1.54, 1.807) is 0 Å². The third-order valence-electron chi connectivity index (χ3n) is 3.00. The Morgan fingerprint density at radius 1 is 1.28 bits per heavy atom. The van der Waals surface area contributed by atoms with Crippen LogP contribution in [-0.2, 0) is 30.6 Å². The Morgan fingerprint density at radius 2 is 2.00 bits per heavy atom. The summed E-state index contributed by atoms with van der Waals surface area (Å²) in [6, 6.07) is 7.39. The number of oxime groups is 1. The molecule has 0 saturated heterocycles. The molecule has 0 radical (unpaired) electrons. The molecular weight excluding hydrogens is 344 g/mol. The van der Waals surface area contributed by atoms with E-state index >= 15 is 0 Å². The molecule has 1 N–H and O–H groups in total. The lowest BCUT2D eigenvalue weighted by Crippen LogP contribution is -2.18. The number of carbonyl (C=O) groups is 1. The molecule has 0 atom stereocenters. The van der Waals surface area contributed by atoms with Crippen molar-refractivity contribution in [2.75, 3.05) is 27.6 Å². The molecule has 1 aromatic rings. The summed E-state index contributed by atoms with van der Waals surface area (Å²) in [5.41, 5.74) is 4.74. The number of rotatable bonds is 9. The van der Waals surface area contributed by atoms with E-state index in [4.69, 9.17) is 14.4 Å². The van der Waals surface area contributed by atoms with Crippen LogP contribution in [0.4, 0.5) is 0 Å². The molecule has 1 aromatic carbocycles. The van der Waals surface area contributed by atoms with E-state index in [2.05, 4.69) is 22.0 Å². The lowest BCUT2D eigenvalue weighted by Gasteiger charge is -2.14. The third-order valence-corrected chi connectivity index (χ3v) is 3.71. The van der Waals surface area contributed by atoms with Gasteiger partial charge in [-0.15, -0.1) is 11.8 Å². The first-order valence-corrected chi connectivity index (χ1v) is 8.44. The number of methoxy groups -OCH3 is 2. The highest BCUT2D eigenvalue weighted by atomic mass is 32.2. The van der Waals surface area contributed by atoms with Gasteiger partial charge in [0.15, 0.2) is 5.04 Å². The molecule has 1 rings (SSSR count). The van der Waals surface area contributed by atoms with E-state index < -0.39 is 5.97 Å². The average Bonchev–Trinajstić information content (AvgIpc) is 2.64. The number of hydroxylamine groups is 1. The molecule has 0 spiro atoms. The predicted octanol–water partition coefficient (Wildman–Crippen LogP) is 2.70. The van der Waals surface area contributed by atoms with Gasteiger partial charge in [-0.05, 0) is 11.8 Å². The highest BCUT2D eigenvalue weighted by Gasteiger charge is 2.11. The molecule has 0 bridgehead atoms. The van der Waals surface area contributed by atoms with Gasteiger partial charge >= 0.3 is 5.97 Å². The minimum atomic E-state index is -0.500. The summed E-state index contributed by atoms with van der Waals surface area (Å²) >= 11 is 1.37. The van der Waals surface area contributed by atoms with Gasteiger partial charge in [0.1, 0.15) is 19.5 Å². The molecule has 25 heavy (non-hydrogen) atoms. The zero-order valence-electron chi connectivity index (χ0n) is 14.7. The molecule has 0 aromatic heterocycles. The lowest BCUT2D eigenvalue weighted by molar-refractivity contribution is -0.134. The van der Waals surface area contributed by atoms with E-state index in [0.29, 0.717) is 16.5 Å². The second-order valence-electron chi connectivity index (χ2n) is 4.55. The van der Waals surface area contributed by atoms with Crippen LogP contribution in [0, 0.1) is 0 Å². The number of hydrogen-bond donors (Lipinski definition) is 1. The fraction of sp³-hybridized carbons (Fsp3) is 0.294. The Morgan fingerprint density at radius 3 is 2.60 bits per heavy atom. The predicted molar refractivity (Wildman–Crippen MR) is 98.5 cm³/mol. The second kappa shape index (κ2) is 11.2. The van der Waals surface area contributed by atoms with Crippen molar-refractivity contribution in [1.29, 1.82) is 0 Å². The maximum absolute atomic E-state index is 11.5. The number of nitrogens with zero attached hydrogens (tertiary/aromatic N) is 1. The Labute approximate surface area is 151 Å². The summed E-state index contributed by atoms with van der Waals surface area (Å²) in [4.78, 5) is 21.7. The maximum atomic E-state index is 11.5. The largest absolute Gasteiger partial charge is 0.496 e. The smallest absolute Gasteiger partial charge is 0.334 e. The fourth-order valence-electron chi connectivity index (χ4n) is 1.84. The Hall–Kier alpha value is -2.45. The highest BCUT2D eigenvalue weighted by Crippen LogP contribution is 2.21. The van der Waals surface area contributed by atoms with E-state index in [1.807, 2.05) is 30.5 Å². The first kappa shape index (κ1) is 20.6. The zero-order valence-corrected chi connectivity index (χ0v) is 15.5. The standard InChI is InChI=1S/C17H22N2O5S/c1-12(17(25-5)19-23-4)18-24-11-13-8-6-7-9-14(13)15(21-2)10-16(20)22-3/h6-10,18H,1,11H2,2-5H3. The average molecular weight is 366 g/mol. The van der Waals surface area contributed by atoms with Crippen molar-refractivity contribution in [3.8, 4) is 0 Å². The summed E-state index contributed by atoms with van der Waals surface area (Å²) in [5.74, 6) is -0.116. The molecule has 0 heterocycles. The molecule has 0 aliphatic rings. The van der Waals surface area contributed by atoms with Crippen LogP contribution < -0.4 is 5.48 Å². The van der Waals surface area contributed by atoms with Crippen LogP contribution in [-0.4, -0.2) is 38.6 Å². The molecule has 136 valence electrons.